The molecule has 0 saturated carbocycles. The van der Waals surface area contributed by atoms with Gasteiger partial charge in [0, 0.05) is 6.20 Å². The fourth-order valence-corrected chi connectivity index (χ4v) is 2.45. The molecule has 0 saturated heterocycles. The van der Waals surface area contributed by atoms with E-state index in [0.29, 0.717) is 17.2 Å². The van der Waals surface area contributed by atoms with Crippen LogP contribution >= 0.6 is 11.6 Å². The van der Waals surface area contributed by atoms with E-state index < -0.39 is 5.82 Å². The zero-order chi connectivity index (χ0) is 15.0. The second kappa shape index (κ2) is 5.15. The smallest absolute Gasteiger partial charge is 0.165 e. The Morgan fingerprint density at radius 2 is 2.19 bits per heavy atom. The lowest BCUT2D eigenvalue weighted by atomic mass is 10.2. The van der Waals surface area contributed by atoms with Crippen LogP contribution in [0.5, 0.6) is 0 Å². The first-order chi connectivity index (χ1) is 10.2. The van der Waals surface area contributed by atoms with Gasteiger partial charge in [0.2, 0.25) is 0 Å². The molecule has 6 heteroatoms. The lowest BCUT2D eigenvalue weighted by Crippen LogP contribution is -2.03. The molecule has 0 bridgehead atoms. The first-order valence-corrected chi connectivity index (χ1v) is 6.78. The van der Waals surface area contributed by atoms with Gasteiger partial charge in [-0.3, -0.25) is 4.57 Å². The Kier molecular flexibility index (Phi) is 3.32. The van der Waals surface area contributed by atoms with Crippen molar-refractivity contribution >= 4 is 22.8 Å². The van der Waals surface area contributed by atoms with E-state index in [1.165, 1.54) is 18.2 Å². The van der Waals surface area contributed by atoms with E-state index in [9.17, 15) is 9.65 Å². The van der Waals surface area contributed by atoms with Gasteiger partial charge in [-0.05, 0) is 36.8 Å². The summed E-state index contributed by atoms with van der Waals surface area (Å²) in [6.45, 7) is 1.93. The molecule has 2 heterocycles. The highest BCUT2D eigenvalue weighted by Crippen LogP contribution is 2.25. The number of rotatable bonds is 2. The van der Waals surface area contributed by atoms with Crippen LogP contribution in [0.4, 0.5) is 4.39 Å². The van der Waals surface area contributed by atoms with E-state index in [2.05, 4.69) is 9.97 Å². The summed E-state index contributed by atoms with van der Waals surface area (Å²) in [4.78, 5) is 8.79. The zero-order valence-corrected chi connectivity index (χ0v) is 11.9. The lowest BCUT2D eigenvalue weighted by Gasteiger charge is -2.09. The third-order valence-corrected chi connectivity index (χ3v) is 3.50. The summed E-state index contributed by atoms with van der Waals surface area (Å²) < 4.78 is 15.0. The molecule has 3 rings (SSSR count). The number of halogens is 2. The van der Waals surface area contributed by atoms with Gasteiger partial charge in [0.25, 0.3) is 0 Å². The van der Waals surface area contributed by atoms with E-state index in [1.807, 2.05) is 19.1 Å². The molecule has 3 aromatic rings. The number of imidazole rings is 1. The third-order valence-electron chi connectivity index (χ3n) is 3.26. The average Bonchev–Trinajstić information content (AvgIpc) is 2.87. The number of nitriles is 1. The topological polar surface area (TPSA) is 54.5 Å². The maximum atomic E-state index is 13.3. The molecule has 104 valence electrons. The van der Waals surface area contributed by atoms with Crippen molar-refractivity contribution in [3.63, 3.8) is 0 Å². The number of hydrogen-bond donors (Lipinski definition) is 0. The van der Waals surface area contributed by atoms with Crippen LogP contribution in [-0.2, 0) is 5.88 Å². The summed E-state index contributed by atoms with van der Waals surface area (Å²) in [6.07, 6.45) is 1.67. The summed E-state index contributed by atoms with van der Waals surface area (Å²) in [5, 5.41) is 9.23. The van der Waals surface area contributed by atoms with Crippen LogP contribution in [0.1, 0.15) is 17.0 Å². The number of aromatic nitrogens is 3. The van der Waals surface area contributed by atoms with Crippen molar-refractivity contribution in [2.24, 2.45) is 0 Å². The van der Waals surface area contributed by atoms with Gasteiger partial charge in [0.1, 0.15) is 23.2 Å². The minimum atomic E-state index is -0.462. The van der Waals surface area contributed by atoms with Crippen LogP contribution in [0.15, 0.2) is 30.5 Å². The number of fused-ring (bicyclic) bond motifs is 1. The molecule has 0 unspecified atom stereocenters. The lowest BCUT2D eigenvalue weighted by molar-refractivity contribution is 0.627. The highest BCUT2D eigenvalue weighted by molar-refractivity contribution is 6.17. The second-order valence-corrected chi connectivity index (χ2v) is 4.84. The molecular weight excluding hydrogens is 291 g/mol. The summed E-state index contributed by atoms with van der Waals surface area (Å²) in [5.74, 6) is 0.269. The van der Waals surface area contributed by atoms with E-state index >= 15 is 0 Å². The first kappa shape index (κ1) is 13.5. The number of nitrogens with zero attached hydrogens (tertiary/aromatic N) is 4. The predicted octanol–water partition coefficient (Wildman–Crippen LogP) is 3.48. The number of aryl methyl sites for hydroxylation is 1. The van der Waals surface area contributed by atoms with Crippen LogP contribution in [-0.4, -0.2) is 14.5 Å². The van der Waals surface area contributed by atoms with Crippen molar-refractivity contribution in [1.82, 2.24) is 14.5 Å². The van der Waals surface area contributed by atoms with Gasteiger partial charge < -0.3 is 0 Å². The Balaban J connectivity index is 2.40. The van der Waals surface area contributed by atoms with Crippen molar-refractivity contribution in [2.45, 2.75) is 12.8 Å². The number of hydrogen-bond acceptors (Lipinski definition) is 3. The van der Waals surface area contributed by atoms with Crippen molar-refractivity contribution in [2.75, 3.05) is 0 Å². The molecule has 0 fully saturated rings. The molecule has 0 atom stereocenters. The zero-order valence-electron chi connectivity index (χ0n) is 11.1. The van der Waals surface area contributed by atoms with Gasteiger partial charge in [0.15, 0.2) is 5.65 Å². The second-order valence-electron chi connectivity index (χ2n) is 4.57. The van der Waals surface area contributed by atoms with E-state index in [1.54, 1.807) is 10.8 Å². The molecule has 0 radical (unpaired) electrons. The Bertz CT molecular complexity index is 879. The maximum Gasteiger partial charge on any atom is 0.165 e. The molecule has 0 spiro atoms. The van der Waals surface area contributed by atoms with Gasteiger partial charge in [0.05, 0.1) is 17.1 Å². The van der Waals surface area contributed by atoms with Crippen molar-refractivity contribution in [3.8, 4) is 11.8 Å². The first-order valence-electron chi connectivity index (χ1n) is 6.24. The molecule has 21 heavy (non-hydrogen) atoms. The minimum absolute atomic E-state index is 0.165. The van der Waals surface area contributed by atoms with Crippen LogP contribution in [0.3, 0.4) is 0 Å². The third kappa shape index (κ3) is 2.14. The Hall–Kier alpha value is -2.45. The minimum Gasteiger partial charge on any atom is -0.278 e. The van der Waals surface area contributed by atoms with E-state index in [0.717, 1.165) is 11.1 Å². The van der Waals surface area contributed by atoms with Gasteiger partial charge >= 0.3 is 0 Å². The quantitative estimate of drug-likeness (QED) is 0.681. The highest BCUT2D eigenvalue weighted by atomic mass is 35.5. The number of alkyl halides is 1. The average molecular weight is 301 g/mol. The van der Waals surface area contributed by atoms with Crippen LogP contribution in [0, 0.1) is 24.1 Å². The summed E-state index contributed by atoms with van der Waals surface area (Å²) in [7, 11) is 0. The molecule has 2 aromatic heterocycles. The van der Waals surface area contributed by atoms with E-state index in [4.69, 9.17) is 11.6 Å². The molecule has 1 aromatic carbocycles. The summed E-state index contributed by atoms with van der Waals surface area (Å²) in [5.41, 5.74) is 3.03. The van der Waals surface area contributed by atoms with Crippen molar-refractivity contribution in [3.05, 3.63) is 53.2 Å². The van der Waals surface area contributed by atoms with Gasteiger partial charge in [-0.15, -0.1) is 11.6 Å². The standard InChI is InChI=1S/C15H10ClFN4/c1-9-4-5-19-15-14(9)20-13(7-16)21(15)12-3-2-11(17)6-10(12)8-18/h2-6H,7H2,1H3. The van der Waals surface area contributed by atoms with Crippen LogP contribution in [0.25, 0.3) is 16.9 Å². The van der Waals surface area contributed by atoms with Crippen molar-refractivity contribution < 1.29 is 4.39 Å². The Morgan fingerprint density at radius 3 is 2.90 bits per heavy atom. The van der Waals surface area contributed by atoms with Gasteiger partial charge in [-0.25, -0.2) is 14.4 Å². The monoisotopic (exact) mass is 300 g/mol. The Morgan fingerprint density at radius 1 is 1.38 bits per heavy atom. The van der Waals surface area contributed by atoms with Gasteiger partial charge in [-0.1, -0.05) is 0 Å². The van der Waals surface area contributed by atoms with E-state index in [-0.39, 0.29) is 11.4 Å². The molecular formula is C15H10ClFN4. The van der Waals surface area contributed by atoms with Crippen molar-refractivity contribution in [1.29, 1.82) is 5.26 Å². The molecule has 0 aliphatic carbocycles. The van der Waals surface area contributed by atoms with Gasteiger partial charge in [-0.2, -0.15) is 5.26 Å². The molecule has 0 N–H and O–H groups in total. The molecule has 0 amide bonds. The number of pyridine rings is 1. The molecule has 4 nitrogen and oxygen atoms in total. The fraction of sp³-hybridized carbons (Fsp3) is 0.133. The fourth-order valence-electron chi connectivity index (χ4n) is 2.27. The maximum absolute atomic E-state index is 13.3. The SMILES string of the molecule is Cc1ccnc2c1nc(CCl)n2-c1ccc(F)cc1C#N. The summed E-state index contributed by atoms with van der Waals surface area (Å²) >= 11 is 5.96. The highest BCUT2D eigenvalue weighted by Gasteiger charge is 2.17. The molecule has 0 aliphatic rings. The number of benzene rings is 1. The predicted molar refractivity (Wildman–Crippen MR) is 77.8 cm³/mol. The summed E-state index contributed by atoms with van der Waals surface area (Å²) in [6, 6.07) is 7.88. The van der Waals surface area contributed by atoms with Crippen LogP contribution < -0.4 is 0 Å². The van der Waals surface area contributed by atoms with Crippen LogP contribution in [0.2, 0.25) is 0 Å². The Labute approximate surface area is 125 Å². The normalized spacial score (nSPS) is 10.8. The largest absolute Gasteiger partial charge is 0.278 e. The molecule has 0 aliphatic heterocycles.